The minimum absolute atomic E-state index is 0. The molecular formula is C12H18ClNOS. The fourth-order valence-electron chi connectivity index (χ4n) is 2.74. The van der Waals surface area contributed by atoms with E-state index in [1.165, 1.54) is 25.7 Å². The lowest BCUT2D eigenvalue weighted by Crippen LogP contribution is -2.39. The standard InChI is InChI=1S/C12H17NOS.ClH/c1-2-11(14-5-1)8-15-12-6-9-3-4-10(7-12)13-9;/h1-2,5,9-10,12-13H,3-4,6-8H2;1H. The zero-order valence-corrected chi connectivity index (χ0v) is 10.9. The monoisotopic (exact) mass is 259 g/mol. The summed E-state index contributed by atoms with van der Waals surface area (Å²) in [6.07, 6.45) is 7.25. The Morgan fingerprint density at radius 1 is 1.31 bits per heavy atom. The predicted octanol–water partition coefficient (Wildman–Crippen LogP) is 3.22. The van der Waals surface area contributed by atoms with Crippen LogP contribution in [0.2, 0.25) is 0 Å². The van der Waals surface area contributed by atoms with Crippen molar-refractivity contribution in [2.45, 2.75) is 48.8 Å². The molecule has 0 spiro atoms. The molecule has 0 saturated carbocycles. The SMILES string of the molecule is Cl.c1coc(CSC2CC3CCC(C2)N3)c1. The lowest BCUT2D eigenvalue weighted by atomic mass is 10.1. The van der Waals surface area contributed by atoms with E-state index < -0.39 is 0 Å². The van der Waals surface area contributed by atoms with Crippen LogP contribution in [0.3, 0.4) is 0 Å². The second-order valence-corrected chi connectivity index (χ2v) is 5.91. The molecule has 0 amide bonds. The highest BCUT2D eigenvalue weighted by atomic mass is 35.5. The van der Waals surface area contributed by atoms with E-state index in [0.717, 1.165) is 28.8 Å². The van der Waals surface area contributed by atoms with Gasteiger partial charge in [0.25, 0.3) is 0 Å². The molecule has 0 aromatic carbocycles. The maximum Gasteiger partial charge on any atom is 0.113 e. The summed E-state index contributed by atoms with van der Waals surface area (Å²) in [6.45, 7) is 0. The molecular weight excluding hydrogens is 242 g/mol. The molecule has 0 radical (unpaired) electrons. The zero-order valence-electron chi connectivity index (χ0n) is 9.22. The first-order chi connectivity index (χ1) is 7.40. The average Bonchev–Trinajstić information content (AvgIpc) is 2.86. The summed E-state index contributed by atoms with van der Waals surface area (Å²) in [5.74, 6) is 2.16. The largest absolute Gasteiger partial charge is 0.468 e. The van der Waals surface area contributed by atoms with Gasteiger partial charge < -0.3 is 9.73 Å². The van der Waals surface area contributed by atoms with Gasteiger partial charge in [0.15, 0.2) is 0 Å². The van der Waals surface area contributed by atoms with Crippen molar-refractivity contribution in [2.24, 2.45) is 0 Å². The number of piperidine rings is 1. The number of halogens is 1. The molecule has 2 aliphatic rings. The number of thioether (sulfide) groups is 1. The molecule has 4 heteroatoms. The van der Waals surface area contributed by atoms with E-state index in [1.54, 1.807) is 6.26 Å². The highest BCUT2D eigenvalue weighted by Crippen LogP contribution is 2.34. The summed E-state index contributed by atoms with van der Waals surface area (Å²) in [7, 11) is 0. The van der Waals surface area contributed by atoms with E-state index in [-0.39, 0.29) is 12.4 Å². The molecule has 2 aliphatic heterocycles. The van der Waals surface area contributed by atoms with Crippen molar-refractivity contribution in [2.75, 3.05) is 0 Å². The van der Waals surface area contributed by atoms with E-state index in [2.05, 4.69) is 23.1 Å². The van der Waals surface area contributed by atoms with Crippen LogP contribution in [0.25, 0.3) is 0 Å². The van der Waals surface area contributed by atoms with Gasteiger partial charge in [0.1, 0.15) is 5.76 Å². The third-order valence-electron chi connectivity index (χ3n) is 3.47. The van der Waals surface area contributed by atoms with Gasteiger partial charge >= 0.3 is 0 Å². The molecule has 2 fully saturated rings. The quantitative estimate of drug-likeness (QED) is 0.902. The van der Waals surface area contributed by atoms with Gasteiger partial charge in [-0.3, -0.25) is 0 Å². The Bertz CT molecular complexity index is 305. The molecule has 1 N–H and O–H groups in total. The van der Waals surface area contributed by atoms with Gasteiger partial charge in [0, 0.05) is 17.3 Å². The van der Waals surface area contributed by atoms with Crippen LogP contribution in [0.5, 0.6) is 0 Å². The van der Waals surface area contributed by atoms with E-state index in [0.29, 0.717) is 0 Å². The summed E-state index contributed by atoms with van der Waals surface area (Å²) in [6, 6.07) is 5.65. The van der Waals surface area contributed by atoms with Crippen molar-refractivity contribution in [3.05, 3.63) is 24.2 Å². The number of nitrogens with one attached hydrogen (secondary N) is 1. The van der Waals surface area contributed by atoms with Gasteiger partial charge in [-0.25, -0.2) is 0 Å². The van der Waals surface area contributed by atoms with E-state index in [9.17, 15) is 0 Å². The zero-order chi connectivity index (χ0) is 10.1. The number of hydrogen-bond acceptors (Lipinski definition) is 3. The third kappa shape index (κ3) is 2.76. The normalized spacial score (nSPS) is 32.4. The Kier molecular flexibility index (Phi) is 4.22. The molecule has 2 atom stereocenters. The first kappa shape index (κ1) is 12.3. The Morgan fingerprint density at radius 3 is 2.69 bits per heavy atom. The average molecular weight is 260 g/mol. The smallest absolute Gasteiger partial charge is 0.113 e. The second-order valence-electron chi connectivity index (χ2n) is 4.62. The lowest BCUT2D eigenvalue weighted by Gasteiger charge is -2.28. The lowest BCUT2D eigenvalue weighted by molar-refractivity contribution is 0.414. The molecule has 1 aromatic heterocycles. The highest BCUT2D eigenvalue weighted by Gasteiger charge is 2.33. The molecule has 3 heterocycles. The van der Waals surface area contributed by atoms with Crippen molar-refractivity contribution in [3.63, 3.8) is 0 Å². The van der Waals surface area contributed by atoms with Crippen molar-refractivity contribution in [3.8, 4) is 0 Å². The van der Waals surface area contributed by atoms with Crippen LogP contribution >= 0.6 is 24.2 Å². The van der Waals surface area contributed by atoms with Crippen LogP contribution in [-0.2, 0) is 5.75 Å². The van der Waals surface area contributed by atoms with Gasteiger partial charge in [-0.1, -0.05) is 0 Å². The Balaban J connectivity index is 0.000000963. The van der Waals surface area contributed by atoms with Crippen LogP contribution in [0.4, 0.5) is 0 Å². The Labute approximate surface area is 107 Å². The third-order valence-corrected chi connectivity index (χ3v) is 4.78. The molecule has 2 nitrogen and oxygen atoms in total. The van der Waals surface area contributed by atoms with Gasteiger partial charge in [-0.05, 0) is 37.8 Å². The number of rotatable bonds is 3. The molecule has 16 heavy (non-hydrogen) atoms. The molecule has 2 unspecified atom stereocenters. The van der Waals surface area contributed by atoms with Crippen LogP contribution in [0, 0.1) is 0 Å². The van der Waals surface area contributed by atoms with Crippen molar-refractivity contribution >= 4 is 24.2 Å². The van der Waals surface area contributed by atoms with Crippen LogP contribution in [0.15, 0.2) is 22.8 Å². The molecule has 0 aliphatic carbocycles. The van der Waals surface area contributed by atoms with Crippen molar-refractivity contribution < 1.29 is 4.42 Å². The van der Waals surface area contributed by atoms with Gasteiger partial charge in [0.2, 0.25) is 0 Å². The first-order valence-electron chi connectivity index (χ1n) is 5.80. The summed E-state index contributed by atoms with van der Waals surface area (Å²) in [5, 5.41) is 4.52. The van der Waals surface area contributed by atoms with Gasteiger partial charge in [-0.15, -0.1) is 12.4 Å². The fraction of sp³-hybridized carbons (Fsp3) is 0.667. The fourth-order valence-corrected chi connectivity index (χ4v) is 4.04. The number of furan rings is 1. The van der Waals surface area contributed by atoms with Crippen molar-refractivity contribution in [1.29, 1.82) is 0 Å². The number of fused-ring (bicyclic) bond motifs is 2. The molecule has 1 aromatic rings. The summed E-state index contributed by atoms with van der Waals surface area (Å²) in [4.78, 5) is 0. The van der Waals surface area contributed by atoms with E-state index in [1.807, 2.05) is 6.07 Å². The summed E-state index contributed by atoms with van der Waals surface area (Å²) < 4.78 is 5.36. The molecule has 2 bridgehead atoms. The minimum atomic E-state index is 0. The first-order valence-corrected chi connectivity index (χ1v) is 6.85. The van der Waals surface area contributed by atoms with Crippen LogP contribution in [-0.4, -0.2) is 17.3 Å². The maximum absolute atomic E-state index is 5.36. The molecule has 3 rings (SSSR count). The molecule has 90 valence electrons. The van der Waals surface area contributed by atoms with Crippen LogP contribution in [0.1, 0.15) is 31.4 Å². The Morgan fingerprint density at radius 2 is 2.06 bits per heavy atom. The van der Waals surface area contributed by atoms with Gasteiger partial charge in [0.05, 0.1) is 12.0 Å². The maximum atomic E-state index is 5.36. The highest BCUT2D eigenvalue weighted by molar-refractivity contribution is 7.99. The Hall–Kier alpha value is -0.120. The summed E-state index contributed by atoms with van der Waals surface area (Å²) in [5.41, 5.74) is 0. The van der Waals surface area contributed by atoms with E-state index >= 15 is 0 Å². The summed E-state index contributed by atoms with van der Waals surface area (Å²) >= 11 is 2.07. The predicted molar refractivity (Wildman–Crippen MR) is 70.2 cm³/mol. The topological polar surface area (TPSA) is 25.2 Å². The van der Waals surface area contributed by atoms with Crippen molar-refractivity contribution in [1.82, 2.24) is 5.32 Å². The van der Waals surface area contributed by atoms with E-state index in [4.69, 9.17) is 4.42 Å². The number of hydrogen-bond donors (Lipinski definition) is 1. The van der Waals surface area contributed by atoms with Crippen LogP contribution < -0.4 is 5.32 Å². The molecule has 2 saturated heterocycles. The van der Waals surface area contributed by atoms with Gasteiger partial charge in [-0.2, -0.15) is 11.8 Å². The minimum Gasteiger partial charge on any atom is -0.468 e. The second kappa shape index (κ2) is 5.48.